The lowest BCUT2D eigenvalue weighted by molar-refractivity contribution is 0.448. The SMILES string of the molecule is C1=CC[C@H]2c3ccccc3C[C@H]2C1. The molecular weight excluding hydrogens is 156 g/mol. The van der Waals surface area contributed by atoms with Crippen LogP contribution in [0.2, 0.25) is 0 Å². The summed E-state index contributed by atoms with van der Waals surface area (Å²) in [5.41, 5.74) is 3.22. The van der Waals surface area contributed by atoms with Gasteiger partial charge < -0.3 is 0 Å². The minimum atomic E-state index is 0.834. The van der Waals surface area contributed by atoms with E-state index in [2.05, 4.69) is 36.4 Å². The summed E-state index contributed by atoms with van der Waals surface area (Å²) in [5, 5.41) is 0. The largest absolute Gasteiger partial charge is 0.0882 e. The molecule has 3 rings (SSSR count). The number of hydrogen-bond acceptors (Lipinski definition) is 0. The van der Waals surface area contributed by atoms with Crippen molar-refractivity contribution in [2.24, 2.45) is 5.92 Å². The first-order valence-corrected chi connectivity index (χ1v) is 5.18. The normalized spacial score (nSPS) is 29.8. The first kappa shape index (κ1) is 7.37. The zero-order valence-corrected chi connectivity index (χ0v) is 7.74. The number of allylic oxidation sites excluding steroid dienone is 2. The molecule has 0 nitrogen and oxygen atoms in total. The van der Waals surface area contributed by atoms with E-state index in [0.29, 0.717) is 0 Å². The highest BCUT2D eigenvalue weighted by Gasteiger charge is 2.31. The van der Waals surface area contributed by atoms with Gasteiger partial charge in [-0.05, 0) is 42.2 Å². The third-order valence-electron chi connectivity index (χ3n) is 3.50. The van der Waals surface area contributed by atoms with E-state index in [1.165, 1.54) is 19.3 Å². The number of hydrogen-bond donors (Lipinski definition) is 0. The van der Waals surface area contributed by atoms with Crippen LogP contribution >= 0.6 is 0 Å². The third-order valence-corrected chi connectivity index (χ3v) is 3.50. The Morgan fingerprint density at radius 3 is 2.85 bits per heavy atom. The van der Waals surface area contributed by atoms with Crippen LogP contribution in [0, 0.1) is 5.92 Å². The standard InChI is InChI=1S/C13H14/c1-3-7-12-10(5-1)9-11-6-2-4-8-13(11)12/h1-5,7,11,13H,6,8-9H2/t11-,13-/m1/s1. The first-order valence-electron chi connectivity index (χ1n) is 5.18. The van der Waals surface area contributed by atoms with Crippen molar-refractivity contribution >= 4 is 0 Å². The van der Waals surface area contributed by atoms with Gasteiger partial charge in [0.2, 0.25) is 0 Å². The minimum Gasteiger partial charge on any atom is -0.0882 e. The molecule has 0 spiro atoms. The van der Waals surface area contributed by atoms with Crippen molar-refractivity contribution in [3.63, 3.8) is 0 Å². The van der Waals surface area contributed by atoms with Gasteiger partial charge in [-0.3, -0.25) is 0 Å². The molecule has 0 saturated carbocycles. The first-order chi connectivity index (χ1) is 6.45. The van der Waals surface area contributed by atoms with Crippen LogP contribution in [0.25, 0.3) is 0 Å². The molecule has 66 valence electrons. The summed E-state index contributed by atoms with van der Waals surface area (Å²) in [6.07, 6.45) is 8.57. The Labute approximate surface area is 79.3 Å². The fourth-order valence-corrected chi connectivity index (χ4v) is 2.84. The van der Waals surface area contributed by atoms with Gasteiger partial charge in [0.15, 0.2) is 0 Å². The van der Waals surface area contributed by atoms with Crippen LogP contribution in [-0.4, -0.2) is 0 Å². The van der Waals surface area contributed by atoms with Gasteiger partial charge in [0.05, 0.1) is 0 Å². The lowest BCUT2D eigenvalue weighted by Gasteiger charge is -2.21. The molecule has 0 heterocycles. The maximum Gasteiger partial charge on any atom is -0.00902 e. The molecule has 0 heteroatoms. The van der Waals surface area contributed by atoms with E-state index in [4.69, 9.17) is 0 Å². The topological polar surface area (TPSA) is 0 Å². The fraction of sp³-hybridized carbons (Fsp3) is 0.385. The molecule has 2 atom stereocenters. The van der Waals surface area contributed by atoms with E-state index in [9.17, 15) is 0 Å². The average Bonchev–Trinajstić information content (AvgIpc) is 2.56. The van der Waals surface area contributed by atoms with E-state index in [1.54, 1.807) is 11.1 Å². The van der Waals surface area contributed by atoms with Crippen molar-refractivity contribution in [2.45, 2.75) is 25.2 Å². The predicted molar refractivity (Wildman–Crippen MR) is 54.8 cm³/mol. The van der Waals surface area contributed by atoms with E-state index in [0.717, 1.165) is 11.8 Å². The summed E-state index contributed by atoms with van der Waals surface area (Å²) >= 11 is 0. The minimum absolute atomic E-state index is 0.834. The van der Waals surface area contributed by atoms with Gasteiger partial charge in [-0.25, -0.2) is 0 Å². The van der Waals surface area contributed by atoms with Gasteiger partial charge in [-0.2, -0.15) is 0 Å². The zero-order chi connectivity index (χ0) is 8.67. The van der Waals surface area contributed by atoms with Crippen LogP contribution in [0.3, 0.4) is 0 Å². The summed E-state index contributed by atoms with van der Waals surface area (Å²) in [5.74, 6) is 1.74. The molecule has 0 fully saturated rings. The molecule has 2 aliphatic rings. The summed E-state index contributed by atoms with van der Waals surface area (Å²) in [6.45, 7) is 0. The van der Waals surface area contributed by atoms with Gasteiger partial charge in [-0.15, -0.1) is 0 Å². The van der Waals surface area contributed by atoms with Gasteiger partial charge in [0.1, 0.15) is 0 Å². The Morgan fingerprint density at radius 2 is 1.85 bits per heavy atom. The van der Waals surface area contributed by atoms with Crippen LogP contribution in [0.15, 0.2) is 36.4 Å². The third kappa shape index (κ3) is 1.05. The van der Waals surface area contributed by atoms with Gasteiger partial charge >= 0.3 is 0 Å². The van der Waals surface area contributed by atoms with E-state index in [1.807, 2.05) is 0 Å². The molecular formula is C13H14. The fourth-order valence-electron chi connectivity index (χ4n) is 2.84. The highest BCUT2D eigenvalue weighted by molar-refractivity contribution is 5.37. The second-order valence-electron chi connectivity index (χ2n) is 4.21. The zero-order valence-electron chi connectivity index (χ0n) is 7.74. The van der Waals surface area contributed by atoms with E-state index >= 15 is 0 Å². The van der Waals surface area contributed by atoms with Crippen molar-refractivity contribution in [3.05, 3.63) is 47.5 Å². The average molecular weight is 170 g/mol. The highest BCUT2D eigenvalue weighted by atomic mass is 14.4. The predicted octanol–water partition coefficient (Wildman–Crippen LogP) is 3.29. The molecule has 0 aromatic heterocycles. The van der Waals surface area contributed by atoms with Crippen molar-refractivity contribution in [1.82, 2.24) is 0 Å². The molecule has 1 aromatic carbocycles. The lowest BCUT2D eigenvalue weighted by Crippen LogP contribution is -2.09. The number of fused-ring (bicyclic) bond motifs is 3. The molecule has 0 saturated heterocycles. The van der Waals surface area contributed by atoms with Crippen LogP contribution in [0.5, 0.6) is 0 Å². The van der Waals surface area contributed by atoms with Crippen LogP contribution in [0.1, 0.15) is 29.9 Å². The molecule has 0 bridgehead atoms. The van der Waals surface area contributed by atoms with Crippen molar-refractivity contribution in [2.75, 3.05) is 0 Å². The molecule has 0 radical (unpaired) electrons. The maximum atomic E-state index is 2.35. The molecule has 0 amide bonds. The molecule has 2 aliphatic carbocycles. The Hall–Kier alpha value is -1.04. The van der Waals surface area contributed by atoms with Gasteiger partial charge in [0.25, 0.3) is 0 Å². The Bertz CT molecular complexity index is 349. The summed E-state index contributed by atoms with van der Waals surface area (Å²) in [7, 11) is 0. The lowest BCUT2D eigenvalue weighted by atomic mass is 9.84. The van der Waals surface area contributed by atoms with Gasteiger partial charge in [0, 0.05) is 0 Å². The number of benzene rings is 1. The Morgan fingerprint density at radius 1 is 1.00 bits per heavy atom. The van der Waals surface area contributed by atoms with Crippen molar-refractivity contribution in [1.29, 1.82) is 0 Å². The summed E-state index contributed by atoms with van der Waals surface area (Å²) in [6, 6.07) is 8.97. The number of rotatable bonds is 0. The molecule has 0 N–H and O–H groups in total. The monoisotopic (exact) mass is 170 g/mol. The molecule has 0 unspecified atom stereocenters. The smallest absolute Gasteiger partial charge is 0.00902 e. The van der Waals surface area contributed by atoms with Crippen LogP contribution in [0.4, 0.5) is 0 Å². The van der Waals surface area contributed by atoms with Crippen molar-refractivity contribution < 1.29 is 0 Å². The van der Waals surface area contributed by atoms with Gasteiger partial charge in [-0.1, -0.05) is 36.4 Å². The molecule has 13 heavy (non-hydrogen) atoms. The molecule has 1 aromatic rings. The summed E-state index contributed by atoms with van der Waals surface area (Å²) in [4.78, 5) is 0. The Balaban J connectivity index is 2.05. The maximum absolute atomic E-state index is 2.35. The molecule has 0 aliphatic heterocycles. The summed E-state index contributed by atoms with van der Waals surface area (Å²) < 4.78 is 0. The highest BCUT2D eigenvalue weighted by Crippen LogP contribution is 2.43. The van der Waals surface area contributed by atoms with Crippen LogP contribution in [-0.2, 0) is 6.42 Å². The van der Waals surface area contributed by atoms with E-state index < -0.39 is 0 Å². The Kier molecular flexibility index (Phi) is 1.55. The quantitative estimate of drug-likeness (QED) is 0.524. The van der Waals surface area contributed by atoms with E-state index in [-0.39, 0.29) is 0 Å². The second kappa shape index (κ2) is 2.73. The van der Waals surface area contributed by atoms with Crippen LogP contribution < -0.4 is 0 Å². The van der Waals surface area contributed by atoms with Crippen molar-refractivity contribution in [3.8, 4) is 0 Å². The second-order valence-corrected chi connectivity index (χ2v) is 4.21.